The fraction of sp³-hybridized carbons (Fsp3) is 0.562. The number of aliphatic carboxylic acids is 1. The van der Waals surface area contributed by atoms with Crippen LogP contribution in [0.15, 0.2) is 42.5 Å². The predicted molar refractivity (Wildman–Crippen MR) is 156 cm³/mol. The van der Waals surface area contributed by atoms with E-state index in [-0.39, 0.29) is 45.2 Å². The van der Waals surface area contributed by atoms with Gasteiger partial charge in [-0.1, -0.05) is 18.2 Å². The molecule has 0 unspecified atom stereocenters. The van der Waals surface area contributed by atoms with Gasteiger partial charge >= 0.3 is 12.1 Å². The number of rotatable bonds is 8. The molecule has 0 aliphatic carbocycles. The Bertz CT molecular complexity index is 1320. The van der Waals surface area contributed by atoms with Crippen molar-refractivity contribution in [1.82, 2.24) is 9.80 Å². The number of alkyl halides is 4. The maximum Gasteiger partial charge on any atom is 0.416 e. The Hall–Kier alpha value is -3.38. The van der Waals surface area contributed by atoms with E-state index in [1.165, 1.54) is 18.1 Å². The molecule has 0 aromatic heterocycles. The standard InChI is InChI=1S/C32H39F4N3O5/c1-44-25-5-2-22(3-6-25)27-19-37(16-17-40)20-31(27,33)30(43)39-14-8-21(9-15-39)26-7-4-24(32(34,35)36)18-28(26)38-12-10-23(11-13-38)29(41)42/h2-7,18,21,23,27,40H,8-17,19-20H2,1H3,(H,41,42)/t27-,31-/m0/s1. The molecule has 2 aromatic carbocycles. The average Bonchev–Trinajstić information content (AvgIpc) is 3.37. The highest BCUT2D eigenvalue weighted by molar-refractivity contribution is 5.87. The smallest absolute Gasteiger partial charge is 0.416 e. The summed E-state index contributed by atoms with van der Waals surface area (Å²) >= 11 is 0. The van der Waals surface area contributed by atoms with Gasteiger partial charge in [0.25, 0.3) is 5.91 Å². The Labute approximate surface area is 254 Å². The molecule has 2 N–H and O–H groups in total. The first-order valence-corrected chi connectivity index (χ1v) is 15.1. The molecule has 1 amide bonds. The zero-order valence-electron chi connectivity index (χ0n) is 24.7. The molecule has 3 aliphatic heterocycles. The molecular formula is C32H39F4N3O5. The number of hydrogen-bond donors (Lipinski definition) is 2. The van der Waals surface area contributed by atoms with Crippen molar-refractivity contribution in [2.24, 2.45) is 5.92 Å². The van der Waals surface area contributed by atoms with Crippen LogP contribution in [0.1, 0.15) is 54.2 Å². The fourth-order valence-electron chi connectivity index (χ4n) is 7.00. The number of benzene rings is 2. The summed E-state index contributed by atoms with van der Waals surface area (Å²) in [5.41, 5.74) is -1.12. The van der Waals surface area contributed by atoms with Crippen molar-refractivity contribution in [2.75, 3.05) is 64.4 Å². The lowest BCUT2D eigenvalue weighted by Gasteiger charge is -2.39. The van der Waals surface area contributed by atoms with Crippen LogP contribution in [0.5, 0.6) is 5.75 Å². The van der Waals surface area contributed by atoms with Gasteiger partial charge in [-0.15, -0.1) is 0 Å². The molecule has 2 atom stereocenters. The van der Waals surface area contributed by atoms with Crippen molar-refractivity contribution >= 4 is 17.6 Å². The number of piperidine rings is 2. The minimum Gasteiger partial charge on any atom is -0.497 e. The van der Waals surface area contributed by atoms with Gasteiger partial charge in [0.2, 0.25) is 5.67 Å². The predicted octanol–water partition coefficient (Wildman–Crippen LogP) is 4.52. The quantitative estimate of drug-likeness (QED) is 0.419. The third kappa shape index (κ3) is 6.51. The molecule has 3 fully saturated rings. The molecule has 0 saturated carbocycles. The van der Waals surface area contributed by atoms with E-state index in [1.807, 2.05) is 4.90 Å². The number of methoxy groups -OCH3 is 1. The van der Waals surface area contributed by atoms with Crippen molar-refractivity contribution in [3.63, 3.8) is 0 Å². The second-order valence-corrected chi connectivity index (χ2v) is 12.1. The van der Waals surface area contributed by atoms with Crippen LogP contribution in [-0.2, 0) is 15.8 Å². The van der Waals surface area contributed by atoms with Crippen LogP contribution in [0, 0.1) is 5.92 Å². The summed E-state index contributed by atoms with van der Waals surface area (Å²) in [6, 6.07) is 10.7. The number of amides is 1. The van der Waals surface area contributed by atoms with Crippen LogP contribution in [0.25, 0.3) is 0 Å². The molecule has 2 aromatic rings. The molecule has 5 rings (SSSR count). The number of carboxylic acid groups (broad SMARTS) is 1. The van der Waals surface area contributed by atoms with Crippen LogP contribution < -0.4 is 9.64 Å². The van der Waals surface area contributed by atoms with E-state index in [9.17, 15) is 33.0 Å². The van der Waals surface area contributed by atoms with Gasteiger partial charge in [0.1, 0.15) is 5.75 Å². The Morgan fingerprint density at radius 2 is 1.66 bits per heavy atom. The lowest BCUT2D eigenvalue weighted by Crippen LogP contribution is -2.52. The number of anilines is 1. The molecule has 0 spiro atoms. The van der Waals surface area contributed by atoms with Gasteiger partial charge in [0.05, 0.1) is 25.2 Å². The molecule has 240 valence electrons. The number of ether oxygens (including phenoxy) is 1. The second kappa shape index (κ2) is 12.9. The molecule has 3 saturated heterocycles. The van der Waals surface area contributed by atoms with Crippen LogP contribution in [0.2, 0.25) is 0 Å². The number of aliphatic hydroxyl groups excluding tert-OH is 1. The minimum absolute atomic E-state index is 0.141. The Morgan fingerprint density at radius 1 is 1.00 bits per heavy atom. The number of carbonyl (C=O) groups excluding carboxylic acids is 1. The van der Waals surface area contributed by atoms with Gasteiger partial charge < -0.3 is 24.7 Å². The summed E-state index contributed by atoms with van der Waals surface area (Å²) in [5, 5.41) is 18.9. The zero-order chi connectivity index (χ0) is 31.6. The van der Waals surface area contributed by atoms with Crippen molar-refractivity contribution in [1.29, 1.82) is 0 Å². The molecule has 44 heavy (non-hydrogen) atoms. The first-order chi connectivity index (χ1) is 20.9. The molecular weight excluding hydrogens is 582 g/mol. The Morgan fingerprint density at radius 3 is 2.23 bits per heavy atom. The van der Waals surface area contributed by atoms with Crippen molar-refractivity contribution in [3.8, 4) is 5.75 Å². The normalized spacial score (nSPS) is 24.1. The number of halogens is 4. The average molecular weight is 622 g/mol. The first-order valence-electron chi connectivity index (χ1n) is 15.1. The minimum atomic E-state index is -4.52. The van der Waals surface area contributed by atoms with E-state index >= 15 is 4.39 Å². The Kier molecular flexibility index (Phi) is 9.41. The number of nitrogens with zero attached hydrogens (tertiary/aromatic N) is 3. The number of carboxylic acids is 1. The van der Waals surface area contributed by atoms with Gasteiger partial charge in [0, 0.05) is 57.4 Å². The molecule has 0 bridgehead atoms. The summed E-state index contributed by atoms with van der Waals surface area (Å²) in [5.74, 6) is -2.29. The maximum absolute atomic E-state index is 16.9. The van der Waals surface area contributed by atoms with Crippen LogP contribution >= 0.6 is 0 Å². The Balaban J connectivity index is 1.33. The molecule has 12 heteroatoms. The number of hydrogen-bond acceptors (Lipinski definition) is 6. The fourth-order valence-corrected chi connectivity index (χ4v) is 7.00. The lowest BCUT2D eigenvalue weighted by atomic mass is 9.83. The topological polar surface area (TPSA) is 93.6 Å². The van der Waals surface area contributed by atoms with E-state index in [1.54, 1.807) is 29.2 Å². The van der Waals surface area contributed by atoms with Crippen molar-refractivity contribution < 1.29 is 42.1 Å². The van der Waals surface area contributed by atoms with Gasteiger partial charge in [-0.25, -0.2) is 4.39 Å². The maximum atomic E-state index is 16.9. The molecule has 8 nitrogen and oxygen atoms in total. The van der Waals surface area contributed by atoms with E-state index in [0.29, 0.717) is 55.8 Å². The number of β-amino-alcohol motifs (C(OH)–C–C–N with tert-alkyl or cyclic N) is 1. The summed E-state index contributed by atoms with van der Waals surface area (Å²) in [6.45, 7) is 1.41. The third-order valence-electron chi connectivity index (χ3n) is 9.50. The highest BCUT2D eigenvalue weighted by Crippen LogP contribution is 2.44. The lowest BCUT2D eigenvalue weighted by molar-refractivity contribution is -0.145. The summed E-state index contributed by atoms with van der Waals surface area (Å²) in [4.78, 5) is 30.4. The highest BCUT2D eigenvalue weighted by atomic mass is 19.4. The van der Waals surface area contributed by atoms with Crippen LogP contribution in [0.4, 0.5) is 23.2 Å². The number of likely N-dealkylation sites (tertiary alicyclic amines) is 2. The zero-order valence-corrected chi connectivity index (χ0v) is 24.7. The first kappa shape index (κ1) is 32.0. The summed E-state index contributed by atoms with van der Waals surface area (Å²) in [7, 11) is 1.54. The summed E-state index contributed by atoms with van der Waals surface area (Å²) in [6.07, 6.45) is -2.92. The molecule has 3 heterocycles. The van der Waals surface area contributed by atoms with Gasteiger partial charge in [-0.2, -0.15) is 13.2 Å². The van der Waals surface area contributed by atoms with Gasteiger partial charge in [-0.3, -0.25) is 14.5 Å². The van der Waals surface area contributed by atoms with E-state index in [2.05, 4.69) is 0 Å². The van der Waals surface area contributed by atoms with Gasteiger partial charge in [-0.05, 0) is 67.0 Å². The van der Waals surface area contributed by atoms with Crippen molar-refractivity contribution in [2.45, 2.75) is 49.4 Å². The monoisotopic (exact) mass is 621 g/mol. The molecule has 0 radical (unpaired) electrons. The molecule has 3 aliphatic rings. The van der Waals surface area contributed by atoms with Crippen LogP contribution in [-0.4, -0.2) is 97.1 Å². The number of carbonyl (C=O) groups is 2. The van der Waals surface area contributed by atoms with Gasteiger partial charge in [0.15, 0.2) is 0 Å². The van der Waals surface area contributed by atoms with Crippen LogP contribution in [0.3, 0.4) is 0 Å². The number of aliphatic hydroxyl groups is 1. The van der Waals surface area contributed by atoms with E-state index < -0.39 is 41.1 Å². The van der Waals surface area contributed by atoms with E-state index in [4.69, 9.17) is 4.74 Å². The SMILES string of the molecule is COc1ccc([C@@H]2CN(CCO)C[C@@]2(F)C(=O)N2CCC(c3ccc(C(F)(F)F)cc3N3CCC(C(=O)O)CC3)CC2)cc1. The second-order valence-electron chi connectivity index (χ2n) is 12.1. The summed E-state index contributed by atoms with van der Waals surface area (Å²) < 4.78 is 63.1. The van der Waals surface area contributed by atoms with Crippen molar-refractivity contribution in [3.05, 3.63) is 59.2 Å². The van der Waals surface area contributed by atoms with E-state index in [0.717, 1.165) is 17.7 Å². The highest BCUT2D eigenvalue weighted by Gasteiger charge is 2.55. The largest absolute Gasteiger partial charge is 0.497 e. The third-order valence-corrected chi connectivity index (χ3v) is 9.50.